The third-order valence-electron chi connectivity index (χ3n) is 2.59. The zero-order chi connectivity index (χ0) is 14.6. The molecule has 0 spiro atoms. The Labute approximate surface area is 121 Å². The van der Waals surface area contributed by atoms with Crippen molar-refractivity contribution in [2.75, 3.05) is 20.3 Å². The van der Waals surface area contributed by atoms with Crippen LogP contribution in [-0.2, 0) is 14.8 Å². The zero-order valence-electron chi connectivity index (χ0n) is 11.1. The molecule has 1 aromatic rings. The molecule has 0 saturated carbocycles. The lowest BCUT2D eigenvalue weighted by atomic mass is 10.3. The first-order chi connectivity index (χ1) is 8.80. The summed E-state index contributed by atoms with van der Waals surface area (Å²) in [5.41, 5.74) is 0. The molecule has 0 aliphatic heterocycles. The van der Waals surface area contributed by atoms with Gasteiger partial charge in [-0.15, -0.1) is 0 Å². The van der Waals surface area contributed by atoms with E-state index in [-0.39, 0.29) is 28.6 Å². The lowest BCUT2D eigenvalue weighted by molar-refractivity contribution is 0.171. The Morgan fingerprint density at radius 2 is 2.05 bits per heavy atom. The highest BCUT2D eigenvalue weighted by Gasteiger charge is 2.27. The van der Waals surface area contributed by atoms with E-state index in [1.165, 1.54) is 23.5 Å². The van der Waals surface area contributed by atoms with Gasteiger partial charge in [0.25, 0.3) is 0 Å². The molecular weight excluding hydrogens is 337 g/mol. The molecule has 4 nitrogen and oxygen atoms in total. The maximum Gasteiger partial charge on any atom is 0.243 e. The van der Waals surface area contributed by atoms with E-state index in [1.54, 1.807) is 13.8 Å². The van der Waals surface area contributed by atoms with Crippen molar-refractivity contribution in [2.24, 2.45) is 0 Å². The van der Waals surface area contributed by atoms with Crippen molar-refractivity contribution < 1.29 is 17.5 Å². The molecule has 7 heteroatoms. The molecule has 0 amide bonds. The van der Waals surface area contributed by atoms with Crippen LogP contribution in [0.15, 0.2) is 27.6 Å². The molecule has 0 unspecified atom stereocenters. The molecule has 0 heterocycles. The Kier molecular flexibility index (Phi) is 5.91. The number of hydrogen-bond acceptors (Lipinski definition) is 3. The van der Waals surface area contributed by atoms with Crippen molar-refractivity contribution in [1.82, 2.24) is 4.31 Å². The smallest absolute Gasteiger partial charge is 0.243 e. The number of hydrogen-bond donors (Lipinski definition) is 0. The van der Waals surface area contributed by atoms with Crippen LogP contribution in [0.25, 0.3) is 0 Å². The van der Waals surface area contributed by atoms with Gasteiger partial charge in [0.2, 0.25) is 10.0 Å². The van der Waals surface area contributed by atoms with E-state index in [1.807, 2.05) is 0 Å². The molecule has 0 fully saturated rings. The van der Waals surface area contributed by atoms with E-state index in [4.69, 9.17) is 4.74 Å². The van der Waals surface area contributed by atoms with E-state index in [2.05, 4.69) is 15.9 Å². The number of ether oxygens (including phenoxy) is 1. The molecule has 0 aliphatic carbocycles. The third-order valence-corrected chi connectivity index (χ3v) is 5.30. The number of sulfonamides is 1. The minimum atomic E-state index is -3.72. The van der Waals surface area contributed by atoms with Crippen molar-refractivity contribution in [3.8, 4) is 0 Å². The van der Waals surface area contributed by atoms with Gasteiger partial charge in [0.05, 0.1) is 16.0 Å². The lowest BCUT2D eigenvalue weighted by Crippen LogP contribution is -2.39. The number of halogens is 2. The van der Waals surface area contributed by atoms with Crippen LogP contribution in [0, 0.1) is 5.82 Å². The Morgan fingerprint density at radius 3 is 2.53 bits per heavy atom. The zero-order valence-corrected chi connectivity index (χ0v) is 13.5. The largest absolute Gasteiger partial charge is 0.383 e. The minimum Gasteiger partial charge on any atom is -0.383 e. The number of nitrogens with zero attached hydrogens (tertiary/aromatic N) is 1. The van der Waals surface area contributed by atoms with Gasteiger partial charge in [0, 0.05) is 19.7 Å². The number of rotatable bonds is 6. The second-order valence-corrected chi connectivity index (χ2v) is 7.02. The third kappa shape index (κ3) is 3.98. The minimum absolute atomic E-state index is 0.0574. The van der Waals surface area contributed by atoms with Crippen LogP contribution < -0.4 is 0 Å². The van der Waals surface area contributed by atoms with Crippen LogP contribution >= 0.6 is 15.9 Å². The summed E-state index contributed by atoms with van der Waals surface area (Å²) in [6.07, 6.45) is 0. The van der Waals surface area contributed by atoms with Gasteiger partial charge < -0.3 is 4.74 Å². The Morgan fingerprint density at radius 1 is 1.42 bits per heavy atom. The molecule has 19 heavy (non-hydrogen) atoms. The highest BCUT2D eigenvalue weighted by Crippen LogP contribution is 2.23. The molecule has 1 aromatic carbocycles. The molecule has 0 N–H and O–H groups in total. The maximum absolute atomic E-state index is 13.5. The fraction of sp³-hybridized carbons (Fsp3) is 0.500. The molecular formula is C12H17BrFNO3S. The number of benzene rings is 1. The molecule has 0 aliphatic rings. The van der Waals surface area contributed by atoms with Gasteiger partial charge in [0.1, 0.15) is 5.82 Å². The van der Waals surface area contributed by atoms with Crippen molar-refractivity contribution in [3.63, 3.8) is 0 Å². The molecule has 0 aromatic heterocycles. The van der Waals surface area contributed by atoms with Crippen molar-refractivity contribution in [3.05, 3.63) is 28.5 Å². The van der Waals surface area contributed by atoms with Crippen LogP contribution in [-0.4, -0.2) is 39.0 Å². The topological polar surface area (TPSA) is 46.6 Å². The van der Waals surface area contributed by atoms with E-state index in [0.717, 1.165) is 6.07 Å². The molecule has 0 bridgehead atoms. The van der Waals surface area contributed by atoms with Crippen molar-refractivity contribution >= 4 is 26.0 Å². The summed E-state index contributed by atoms with van der Waals surface area (Å²) < 4.78 is 44.8. The van der Waals surface area contributed by atoms with Crippen LogP contribution in [0.2, 0.25) is 0 Å². The molecule has 1 rings (SSSR count). The van der Waals surface area contributed by atoms with Crippen LogP contribution in [0.4, 0.5) is 4.39 Å². The molecule has 108 valence electrons. The summed E-state index contributed by atoms with van der Waals surface area (Å²) in [5, 5.41) is 0. The Hall–Kier alpha value is -0.500. The summed E-state index contributed by atoms with van der Waals surface area (Å²) in [4.78, 5) is -0.0574. The van der Waals surface area contributed by atoms with Crippen molar-refractivity contribution in [1.29, 1.82) is 0 Å². The van der Waals surface area contributed by atoms with Gasteiger partial charge in [-0.3, -0.25) is 0 Å². The Balaban J connectivity index is 3.15. The van der Waals surface area contributed by atoms with Gasteiger partial charge >= 0.3 is 0 Å². The van der Waals surface area contributed by atoms with Gasteiger partial charge in [-0.1, -0.05) is 0 Å². The fourth-order valence-corrected chi connectivity index (χ4v) is 3.49. The van der Waals surface area contributed by atoms with Gasteiger partial charge in [0.15, 0.2) is 0 Å². The first kappa shape index (κ1) is 16.6. The molecule has 0 atom stereocenters. The fourth-order valence-electron chi connectivity index (χ4n) is 1.61. The average molecular weight is 354 g/mol. The SMILES string of the molecule is COCCN(C(C)C)S(=O)(=O)c1ccc(Br)c(F)c1. The van der Waals surface area contributed by atoms with E-state index < -0.39 is 15.8 Å². The first-order valence-electron chi connectivity index (χ1n) is 5.76. The predicted octanol–water partition coefficient (Wildman–Crippen LogP) is 2.63. The summed E-state index contributed by atoms with van der Waals surface area (Å²) in [6, 6.07) is 3.55. The normalized spacial score (nSPS) is 12.4. The lowest BCUT2D eigenvalue weighted by Gasteiger charge is -2.25. The molecule has 0 saturated heterocycles. The molecule has 0 radical (unpaired) electrons. The Bertz CT molecular complexity index is 534. The summed E-state index contributed by atoms with van der Waals surface area (Å²) in [7, 11) is -2.21. The first-order valence-corrected chi connectivity index (χ1v) is 8.00. The van der Waals surface area contributed by atoms with Gasteiger partial charge in [-0.05, 0) is 48.0 Å². The van der Waals surface area contributed by atoms with E-state index in [0.29, 0.717) is 0 Å². The standard InChI is InChI=1S/C12H17BrFNO3S/c1-9(2)15(6-7-18-3)19(16,17)10-4-5-11(13)12(14)8-10/h4-5,8-9H,6-7H2,1-3H3. The monoisotopic (exact) mass is 353 g/mol. The summed E-state index contributed by atoms with van der Waals surface area (Å²) in [5.74, 6) is -0.600. The van der Waals surface area contributed by atoms with Gasteiger partial charge in [-0.2, -0.15) is 4.31 Å². The number of methoxy groups -OCH3 is 1. The van der Waals surface area contributed by atoms with Crippen LogP contribution in [0.1, 0.15) is 13.8 Å². The second-order valence-electron chi connectivity index (χ2n) is 4.28. The van der Waals surface area contributed by atoms with Gasteiger partial charge in [-0.25, -0.2) is 12.8 Å². The summed E-state index contributed by atoms with van der Waals surface area (Å²) >= 11 is 3.00. The van der Waals surface area contributed by atoms with Crippen LogP contribution in [0.5, 0.6) is 0 Å². The van der Waals surface area contributed by atoms with E-state index in [9.17, 15) is 12.8 Å². The van der Waals surface area contributed by atoms with E-state index >= 15 is 0 Å². The average Bonchev–Trinajstić information content (AvgIpc) is 2.32. The van der Waals surface area contributed by atoms with Crippen LogP contribution in [0.3, 0.4) is 0 Å². The second kappa shape index (κ2) is 6.78. The highest BCUT2D eigenvalue weighted by atomic mass is 79.9. The maximum atomic E-state index is 13.5. The quantitative estimate of drug-likeness (QED) is 0.789. The van der Waals surface area contributed by atoms with Crippen molar-refractivity contribution in [2.45, 2.75) is 24.8 Å². The predicted molar refractivity (Wildman–Crippen MR) is 75.0 cm³/mol. The summed E-state index contributed by atoms with van der Waals surface area (Å²) in [6.45, 7) is 4.05. The highest BCUT2D eigenvalue weighted by molar-refractivity contribution is 9.10.